The molecule has 2 aromatic rings. The monoisotopic (exact) mass is 553 g/mol. The van der Waals surface area contributed by atoms with Gasteiger partial charge in [0.05, 0.1) is 11.9 Å². The van der Waals surface area contributed by atoms with Crippen LogP contribution in [0.2, 0.25) is 10.0 Å². The number of sulfonamides is 1. The van der Waals surface area contributed by atoms with E-state index < -0.39 is 28.5 Å². The number of halogens is 2. The molecule has 0 aromatic heterocycles. The van der Waals surface area contributed by atoms with Crippen LogP contribution in [0.5, 0.6) is 0 Å². The summed E-state index contributed by atoms with van der Waals surface area (Å²) in [5.41, 5.74) is 2.78. The molecule has 1 saturated carbocycles. The molecule has 0 aliphatic heterocycles. The lowest BCUT2D eigenvalue weighted by Crippen LogP contribution is -2.52. The van der Waals surface area contributed by atoms with Crippen LogP contribution in [0.3, 0.4) is 0 Å². The minimum atomic E-state index is -3.80. The van der Waals surface area contributed by atoms with Gasteiger partial charge in [0.1, 0.15) is 12.6 Å². The van der Waals surface area contributed by atoms with E-state index in [1.165, 1.54) is 4.90 Å². The molecule has 0 heterocycles. The van der Waals surface area contributed by atoms with Gasteiger partial charge in [0.15, 0.2) is 0 Å². The zero-order chi connectivity index (χ0) is 26.6. The van der Waals surface area contributed by atoms with Crippen LogP contribution in [0.1, 0.15) is 49.3 Å². The Bertz CT molecular complexity index is 1210. The summed E-state index contributed by atoms with van der Waals surface area (Å²) >= 11 is 12.8. The largest absolute Gasteiger partial charge is 0.352 e. The Labute approximate surface area is 223 Å². The molecule has 7 nitrogen and oxygen atoms in total. The van der Waals surface area contributed by atoms with Gasteiger partial charge < -0.3 is 10.2 Å². The average molecular weight is 555 g/mol. The number of anilines is 1. The van der Waals surface area contributed by atoms with Crippen molar-refractivity contribution in [3.63, 3.8) is 0 Å². The fraction of sp³-hybridized carbons (Fsp3) is 0.462. The highest BCUT2D eigenvalue weighted by Crippen LogP contribution is 2.28. The zero-order valence-electron chi connectivity index (χ0n) is 21.1. The van der Waals surface area contributed by atoms with E-state index in [1.54, 1.807) is 37.3 Å². The number of aryl methyl sites for hydroxylation is 2. The number of hydrogen-bond donors (Lipinski definition) is 1. The first-order valence-corrected chi connectivity index (χ1v) is 14.6. The minimum absolute atomic E-state index is 0.0406. The van der Waals surface area contributed by atoms with Crippen LogP contribution < -0.4 is 9.62 Å². The van der Waals surface area contributed by atoms with E-state index in [0.29, 0.717) is 21.3 Å². The number of carbonyl (C=O) groups is 2. The van der Waals surface area contributed by atoms with E-state index in [9.17, 15) is 18.0 Å². The number of nitrogens with one attached hydrogen (secondary N) is 1. The highest BCUT2D eigenvalue weighted by atomic mass is 35.5. The first kappa shape index (κ1) is 28.3. The van der Waals surface area contributed by atoms with Crippen molar-refractivity contribution in [2.45, 2.75) is 65.1 Å². The Morgan fingerprint density at radius 2 is 1.67 bits per heavy atom. The highest BCUT2D eigenvalue weighted by Gasteiger charge is 2.32. The minimum Gasteiger partial charge on any atom is -0.352 e. The van der Waals surface area contributed by atoms with E-state index in [2.05, 4.69) is 5.32 Å². The predicted octanol–water partition coefficient (Wildman–Crippen LogP) is 4.85. The van der Waals surface area contributed by atoms with Crippen molar-refractivity contribution < 1.29 is 18.0 Å². The van der Waals surface area contributed by atoms with Gasteiger partial charge in [-0.3, -0.25) is 13.9 Å². The molecule has 2 aromatic carbocycles. The molecule has 0 spiro atoms. The van der Waals surface area contributed by atoms with Gasteiger partial charge in [-0.15, -0.1) is 0 Å². The third kappa shape index (κ3) is 6.93. The van der Waals surface area contributed by atoms with Crippen LogP contribution in [0.4, 0.5) is 5.69 Å². The molecule has 2 amide bonds. The third-order valence-corrected chi connectivity index (χ3v) is 8.57. The second-order valence-electron chi connectivity index (χ2n) is 9.43. The van der Waals surface area contributed by atoms with E-state index in [4.69, 9.17) is 23.2 Å². The van der Waals surface area contributed by atoms with Gasteiger partial charge in [-0.25, -0.2) is 8.42 Å². The summed E-state index contributed by atoms with van der Waals surface area (Å²) in [5.74, 6) is -0.834. The van der Waals surface area contributed by atoms with Crippen LogP contribution in [-0.2, 0) is 26.2 Å². The van der Waals surface area contributed by atoms with Crippen molar-refractivity contribution in [1.82, 2.24) is 10.2 Å². The number of carbonyl (C=O) groups excluding carboxylic acids is 2. The fourth-order valence-electron chi connectivity index (χ4n) is 4.32. The van der Waals surface area contributed by atoms with Crippen LogP contribution in [0, 0.1) is 13.8 Å². The lowest BCUT2D eigenvalue weighted by molar-refractivity contribution is -0.139. The van der Waals surface area contributed by atoms with E-state index >= 15 is 0 Å². The van der Waals surface area contributed by atoms with Crippen LogP contribution in [0.25, 0.3) is 0 Å². The Kier molecular flexibility index (Phi) is 9.30. The Hall–Kier alpha value is -2.29. The Balaban J connectivity index is 1.94. The lowest BCUT2D eigenvalue weighted by Gasteiger charge is -2.32. The summed E-state index contributed by atoms with van der Waals surface area (Å²) in [7, 11) is -3.80. The number of rotatable bonds is 9. The van der Waals surface area contributed by atoms with Gasteiger partial charge in [0.25, 0.3) is 0 Å². The molecule has 1 fully saturated rings. The summed E-state index contributed by atoms with van der Waals surface area (Å²) in [6.45, 7) is 4.93. The molecule has 3 rings (SSSR count). The molecule has 36 heavy (non-hydrogen) atoms. The van der Waals surface area contributed by atoms with E-state index in [1.807, 2.05) is 19.9 Å². The maximum Gasteiger partial charge on any atom is 0.244 e. The maximum absolute atomic E-state index is 13.7. The molecule has 1 atom stereocenters. The topological polar surface area (TPSA) is 86.8 Å². The van der Waals surface area contributed by atoms with Crippen LogP contribution >= 0.6 is 23.2 Å². The third-order valence-electron chi connectivity index (χ3n) is 6.72. The first-order valence-electron chi connectivity index (χ1n) is 12.0. The Morgan fingerprint density at radius 1 is 1.06 bits per heavy atom. The van der Waals surface area contributed by atoms with Gasteiger partial charge in [0, 0.05) is 28.2 Å². The number of benzene rings is 2. The second-order valence-corrected chi connectivity index (χ2v) is 12.1. The maximum atomic E-state index is 13.7. The van der Waals surface area contributed by atoms with E-state index in [-0.39, 0.29) is 18.5 Å². The highest BCUT2D eigenvalue weighted by molar-refractivity contribution is 7.92. The van der Waals surface area contributed by atoms with Crippen molar-refractivity contribution in [2.24, 2.45) is 0 Å². The fourth-order valence-corrected chi connectivity index (χ4v) is 5.68. The Morgan fingerprint density at radius 3 is 2.22 bits per heavy atom. The molecule has 10 heteroatoms. The van der Waals surface area contributed by atoms with Gasteiger partial charge >= 0.3 is 0 Å². The number of hydrogen-bond acceptors (Lipinski definition) is 4. The van der Waals surface area contributed by atoms with Gasteiger partial charge in [0.2, 0.25) is 21.8 Å². The van der Waals surface area contributed by atoms with Gasteiger partial charge in [-0.2, -0.15) is 0 Å². The van der Waals surface area contributed by atoms with Crippen molar-refractivity contribution in [3.8, 4) is 0 Å². The summed E-state index contributed by atoms with van der Waals surface area (Å²) in [5, 5.41) is 3.75. The molecule has 0 radical (unpaired) electrons. The molecule has 0 unspecified atom stereocenters. The smallest absolute Gasteiger partial charge is 0.244 e. The van der Waals surface area contributed by atoms with Crippen LogP contribution in [-0.4, -0.2) is 50.0 Å². The van der Waals surface area contributed by atoms with Crippen molar-refractivity contribution in [2.75, 3.05) is 17.1 Å². The normalized spacial score (nSPS) is 14.9. The molecule has 1 N–H and O–H groups in total. The van der Waals surface area contributed by atoms with Gasteiger partial charge in [-0.05, 0) is 69.0 Å². The van der Waals surface area contributed by atoms with Crippen molar-refractivity contribution in [1.29, 1.82) is 0 Å². The van der Waals surface area contributed by atoms with Gasteiger partial charge in [-0.1, -0.05) is 48.2 Å². The molecular weight excluding hydrogens is 521 g/mol. The summed E-state index contributed by atoms with van der Waals surface area (Å²) in [6.07, 6.45) is 4.96. The van der Waals surface area contributed by atoms with Crippen molar-refractivity contribution in [3.05, 3.63) is 63.1 Å². The summed E-state index contributed by atoms with van der Waals surface area (Å²) in [6, 6.07) is 9.43. The molecule has 196 valence electrons. The van der Waals surface area contributed by atoms with E-state index in [0.717, 1.165) is 47.4 Å². The zero-order valence-corrected chi connectivity index (χ0v) is 23.4. The first-order chi connectivity index (χ1) is 16.9. The van der Waals surface area contributed by atoms with Crippen molar-refractivity contribution >= 4 is 50.7 Å². The standard InChI is InChI=1S/C26H33Cl2N3O4S/c1-17-12-13-21(14-18(17)2)31(36(4,34)35)16-25(32)30(15-22-23(27)10-7-11-24(22)28)19(3)26(33)29-20-8-5-6-9-20/h7,10-14,19-20H,5-6,8-9,15-16H2,1-4H3,(H,29,33)/t19-/m1/s1. The molecular formula is C26H33Cl2N3O4S. The summed E-state index contributed by atoms with van der Waals surface area (Å²) < 4.78 is 26.5. The SMILES string of the molecule is Cc1ccc(N(CC(=O)N(Cc2c(Cl)cccc2Cl)[C@H](C)C(=O)NC2CCCC2)S(C)(=O)=O)cc1C. The predicted molar refractivity (Wildman–Crippen MR) is 145 cm³/mol. The summed E-state index contributed by atoms with van der Waals surface area (Å²) in [4.78, 5) is 28.2. The molecule has 1 aliphatic carbocycles. The average Bonchev–Trinajstić information content (AvgIpc) is 3.31. The quantitative estimate of drug-likeness (QED) is 0.480. The molecule has 0 saturated heterocycles. The molecule has 0 bridgehead atoms. The van der Waals surface area contributed by atoms with Crippen LogP contribution in [0.15, 0.2) is 36.4 Å². The molecule has 1 aliphatic rings. The number of amides is 2. The lowest BCUT2D eigenvalue weighted by atomic mass is 10.1. The number of nitrogens with zero attached hydrogens (tertiary/aromatic N) is 2. The second kappa shape index (κ2) is 11.8.